The van der Waals surface area contributed by atoms with E-state index in [0.717, 1.165) is 0 Å². The average molecular weight is 268 g/mol. The van der Waals surface area contributed by atoms with E-state index >= 15 is 0 Å². The molecule has 0 aliphatic carbocycles. The molecule has 0 bridgehead atoms. The van der Waals surface area contributed by atoms with Crippen LogP contribution in [-0.2, 0) is 4.79 Å². The van der Waals surface area contributed by atoms with Gasteiger partial charge in [-0.25, -0.2) is 0 Å². The van der Waals surface area contributed by atoms with Crippen LogP contribution in [0.5, 0.6) is 17.2 Å². The first-order valence-electron chi connectivity index (χ1n) is 5.80. The van der Waals surface area contributed by atoms with E-state index < -0.39 is 0 Å². The van der Waals surface area contributed by atoms with Crippen molar-refractivity contribution in [1.29, 1.82) is 0 Å². The Morgan fingerprint density at radius 3 is 2.11 bits per heavy atom. The van der Waals surface area contributed by atoms with Crippen molar-refractivity contribution in [2.24, 2.45) is 0 Å². The van der Waals surface area contributed by atoms with Crippen LogP contribution in [0, 0.1) is 0 Å². The Balaban J connectivity index is 3.21. The summed E-state index contributed by atoms with van der Waals surface area (Å²) < 4.78 is 15.7. The number of hydrogen-bond donors (Lipinski definition) is 1. The normalized spacial score (nSPS) is 9.95. The minimum atomic E-state index is -0.0759. The fourth-order valence-electron chi connectivity index (χ4n) is 1.68. The third-order valence-electron chi connectivity index (χ3n) is 2.75. The predicted octanol–water partition coefficient (Wildman–Crippen LogP) is 0.895. The first kappa shape index (κ1) is 15.1. The Morgan fingerprint density at radius 2 is 1.63 bits per heavy atom. The van der Waals surface area contributed by atoms with E-state index in [-0.39, 0.29) is 12.5 Å². The van der Waals surface area contributed by atoms with Gasteiger partial charge in [-0.05, 0) is 7.05 Å². The van der Waals surface area contributed by atoms with Crippen molar-refractivity contribution in [3.63, 3.8) is 0 Å². The Labute approximate surface area is 113 Å². The number of carbonyl (C=O) groups is 1. The third kappa shape index (κ3) is 3.29. The Bertz CT molecular complexity index is 449. The van der Waals surface area contributed by atoms with E-state index in [1.54, 1.807) is 47.6 Å². The van der Waals surface area contributed by atoms with Gasteiger partial charge in [-0.3, -0.25) is 4.79 Å². The molecule has 1 aromatic rings. The van der Waals surface area contributed by atoms with Gasteiger partial charge in [-0.15, -0.1) is 0 Å². The van der Waals surface area contributed by atoms with E-state index in [4.69, 9.17) is 14.2 Å². The van der Waals surface area contributed by atoms with E-state index in [1.807, 2.05) is 0 Å². The van der Waals surface area contributed by atoms with Gasteiger partial charge < -0.3 is 24.4 Å². The highest BCUT2D eigenvalue weighted by atomic mass is 16.5. The van der Waals surface area contributed by atoms with Gasteiger partial charge in [0, 0.05) is 19.2 Å². The SMILES string of the molecule is CNCC(=O)N(C)c1cc(OC)c(OC)cc1OC. The number of rotatable bonds is 6. The van der Waals surface area contributed by atoms with Crippen LogP contribution in [-0.4, -0.2) is 47.9 Å². The minimum Gasteiger partial charge on any atom is -0.494 e. The highest BCUT2D eigenvalue weighted by Crippen LogP contribution is 2.39. The maximum absolute atomic E-state index is 11.9. The van der Waals surface area contributed by atoms with Gasteiger partial charge >= 0.3 is 0 Å². The highest BCUT2D eigenvalue weighted by Gasteiger charge is 2.18. The van der Waals surface area contributed by atoms with E-state index in [9.17, 15) is 4.79 Å². The number of amides is 1. The molecule has 0 spiro atoms. The van der Waals surface area contributed by atoms with Gasteiger partial charge in [-0.2, -0.15) is 0 Å². The van der Waals surface area contributed by atoms with Crippen LogP contribution < -0.4 is 24.4 Å². The molecule has 0 aromatic heterocycles. The van der Waals surface area contributed by atoms with Gasteiger partial charge in [0.1, 0.15) is 5.75 Å². The lowest BCUT2D eigenvalue weighted by molar-refractivity contribution is -0.117. The largest absolute Gasteiger partial charge is 0.494 e. The molecule has 1 rings (SSSR count). The number of nitrogens with one attached hydrogen (secondary N) is 1. The molecule has 6 nitrogen and oxygen atoms in total. The van der Waals surface area contributed by atoms with E-state index in [2.05, 4.69) is 5.32 Å². The molecule has 1 aromatic carbocycles. The molecule has 0 unspecified atom stereocenters. The first-order chi connectivity index (χ1) is 9.08. The molecule has 0 heterocycles. The number of anilines is 1. The maximum Gasteiger partial charge on any atom is 0.240 e. The van der Waals surface area contributed by atoms with Crippen LogP contribution >= 0.6 is 0 Å². The molecule has 6 heteroatoms. The van der Waals surface area contributed by atoms with E-state index in [0.29, 0.717) is 22.9 Å². The second-order valence-corrected chi connectivity index (χ2v) is 3.86. The number of likely N-dealkylation sites (N-methyl/N-ethyl adjacent to an activating group) is 2. The molecule has 0 aliphatic heterocycles. The summed E-state index contributed by atoms with van der Waals surface area (Å²) in [5.74, 6) is 1.57. The molecular formula is C13H20N2O4. The Kier molecular flexibility index (Phi) is 5.44. The van der Waals surface area contributed by atoms with Crippen LogP contribution in [0.15, 0.2) is 12.1 Å². The lowest BCUT2D eigenvalue weighted by atomic mass is 10.2. The number of carbonyl (C=O) groups excluding carboxylic acids is 1. The minimum absolute atomic E-state index is 0.0759. The number of ether oxygens (including phenoxy) is 3. The molecule has 0 fully saturated rings. The second kappa shape index (κ2) is 6.84. The number of methoxy groups -OCH3 is 3. The lowest BCUT2D eigenvalue weighted by Gasteiger charge is -2.21. The summed E-state index contributed by atoms with van der Waals surface area (Å²) in [6, 6.07) is 3.41. The van der Waals surface area contributed by atoms with Crippen LogP contribution in [0.25, 0.3) is 0 Å². The van der Waals surface area contributed by atoms with Crippen molar-refractivity contribution >= 4 is 11.6 Å². The number of benzene rings is 1. The van der Waals surface area contributed by atoms with Crippen molar-refractivity contribution in [3.05, 3.63) is 12.1 Å². The molecule has 0 radical (unpaired) electrons. The first-order valence-corrected chi connectivity index (χ1v) is 5.80. The molecule has 0 aliphatic rings. The second-order valence-electron chi connectivity index (χ2n) is 3.86. The number of nitrogens with zero attached hydrogens (tertiary/aromatic N) is 1. The third-order valence-corrected chi connectivity index (χ3v) is 2.75. The zero-order chi connectivity index (χ0) is 14.4. The van der Waals surface area contributed by atoms with Gasteiger partial charge in [0.05, 0.1) is 33.6 Å². The molecule has 0 atom stereocenters. The van der Waals surface area contributed by atoms with Gasteiger partial charge in [0.2, 0.25) is 5.91 Å². The summed E-state index contributed by atoms with van der Waals surface area (Å²) >= 11 is 0. The fraction of sp³-hybridized carbons (Fsp3) is 0.462. The van der Waals surface area contributed by atoms with Crippen LogP contribution in [0.4, 0.5) is 5.69 Å². The summed E-state index contributed by atoms with van der Waals surface area (Å²) in [6.45, 7) is 0.244. The molecule has 0 saturated carbocycles. The molecule has 106 valence electrons. The van der Waals surface area contributed by atoms with Crippen molar-refractivity contribution in [3.8, 4) is 17.2 Å². The molecular weight excluding hydrogens is 248 g/mol. The van der Waals surface area contributed by atoms with Gasteiger partial charge in [0.15, 0.2) is 11.5 Å². The summed E-state index contributed by atoms with van der Waals surface area (Å²) in [7, 11) is 8.04. The molecule has 19 heavy (non-hydrogen) atoms. The zero-order valence-electron chi connectivity index (χ0n) is 11.9. The average Bonchev–Trinajstić information content (AvgIpc) is 2.45. The summed E-state index contributed by atoms with van der Waals surface area (Å²) in [6.07, 6.45) is 0. The standard InChI is InChI=1S/C13H20N2O4/c1-14-8-13(16)15(2)9-6-11(18-4)12(19-5)7-10(9)17-3/h6-7,14H,8H2,1-5H3. The van der Waals surface area contributed by atoms with Crippen LogP contribution in [0.3, 0.4) is 0 Å². The molecule has 1 N–H and O–H groups in total. The monoisotopic (exact) mass is 268 g/mol. The summed E-state index contributed by atoms with van der Waals surface area (Å²) in [5, 5.41) is 2.82. The summed E-state index contributed by atoms with van der Waals surface area (Å²) in [5.41, 5.74) is 0.625. The van der Waals surface area contributed by atoms with E-state index in [1.165, 1.54) is 4.90 Å². The summed E-state index contributed by atoms with van der Waals surface area (Å²) in [4.78, 5) is 13.4. The Morgan fingerprint density at radius 1 is 1.11 bits per heavy atom. The van der Waals surface area contributed by atoms with Gasteiger partial charge in [-0.1, -0.05) is 0 Å². The van der Waals surface area contributed by atoms with Crippen LogP contribution in [0.1, 0.15) is 0 Å². The van der Waals surface area contributed by atoms with Crippen molar-refractivity contribution in [2.75, 3.05) is 46.9 Å². The molecule has 1 amide bonds. The molecule has 0 saturated heterocycles. The van der Waals surface area contributed by atoms with Crippen molar-refractivity contribution in [1.82, 2.24) is 5.32 Å². The smallest absolute Gasteiger partial charge is 0.240 e. The van der Waals surface area contributed by atoms with Crippen molar-refractivity contribution in [2.45, 2.75) is 0 Å². The quantitative estimate of drug-likeness (QED) is 0.830. The highest BCUT2D eigenvalue weighted by molar-refractivity contribution is 5.96. The number of hydrogen-bond acceptors (Lipinski definition) is 5. The van der Waals surface area contributed by atoms with Gasteiger partial charge in [0.25, 0.3) is 0 Å². The maximum atomic E-state index is 11.9. The fourth-order valence-corrected chi connectivity index (χ4v) is 1.68. The predicted molar refractivity (Wildman–Crippen MR) is 73.4 cm³/mol. The zero-order valence-corrected chi connectivity index (χ0v) is 11.9. The van der Waals surface area contributed by atoms with Crippen LogP contribution in [0.2, 0.25) is 0 Å². The lowest BCUT2D eigenvalue weighted by Crippen LogP contribution is -2.34. The topological polar surface area (TPSA) is 60.0 Å². The Hall–Kier alpha value is -1.95. The van der Waals surface area contributed by atoms with Crippen molar-refractivity contribution < 1.29 is 19.0 Å².